The molecule has 8 heteroatoms. The van der Waals surface area contributed by atoms with E-state index in [9.17, 15) is 9.59 Å². The number of carbonyl (C=O) groups is 2. The lowest BCUT2D eigenvalue weighted by atomic mass is 9.94. The van der Waals surface area contributed by atoms with E-state index in [2.05, 4.69) is 10.6 Å². The molecule has 0 unspecified atom stereocenters. The zero-order valence-electron chi connectivity index (χ0n) is 20.7. The Bertz CT molecular complexity index is 1360. The number of amides is 3. The average molecular weight is 504 g/mol. The number of anilines is 2. The van der Waals surface area contributed by atoms with Gasteiger partial charge in [0.2, 0.25) is 12.7 Å². The maximum Gasteiger partial charge on any atom is 0.321 e. The standard InChI is InChI=1S/C29H29N3O5.2H2/c1-19-2-6-23(30-27(33)29(10-11-29)21-5-9-25-26(16-21)37-18-36-25)17-24(19)20-3-7-22(8-4-20)31-28(34)32-12-14-35-15-13-32;;/h2-9,16-17H,10-15,18H2,1H3,(H,30,33)(H,31,34);2*1H. The third-order valence-electron chi connectivity index (χ3n) is 7.35. The van der Waals surface area contributed by atoms with Crippen molar-refractivity contribution in [1.82, 2.24) is 4.90 Å². The Kier molecular flexibility index (Phi) is 5.96. The van der Waals surface area contributed by atoms with Gasteiger partial charge in [-0.05, 0) is 78.4 Å². The average Bonchev–Trinajstić information content (AvgIpc) is 3.61. The first-order valence-corrected chi connectivity index (χ1v) is 12.6. The quantitative estimate of drug-likeness (QED) is 0.486. The highest BCUT2D eigenvalue weighted by Gasteiger charge is 2.51. The second-order valence-corrected chi connectivity index (χ2v) is 9.74. The molecule has 0 atom stereocenters. The van der Waals surface area contributed by atoms with Crippen LogP contribution in [0.4, 0.5) is 16.2 Å². The van der Waals surface area contributed by atoms with Gasteiger partial charge in [0, 0.05) is 27.3 Å². The Hall–Kier alpha value is -4.04. The largest absolute Gasteiger partial charge is 0.454 e. The smallest absolute Gasteiger partial charge is 0.321 e. The highest BCUT2D eigenvalue weighted by atomic mass is 16.7. The molecule has 0 bridgehead atoms. The molecule has 8 nitrogen and oxygen atoms in total. The van der Waals surface area contributed by atoms with Crippen molar-refractivity contribution in [3.63, 3.8) is 0 Å². The number of aryl methyl sites for hydroxylation is 1. The molecule has 3 amide bonds. The van der Waals surface area contributed by atoms with Crippen molar-refractivity contribution in [3.8, 4) is 22.6 Å². The molecule has 2 fully saturated rings. The van der Waals surface area contributed by atoms with E-state index < -0.39 is 5.41 Å². The zero-order valence-corrected chi connectivity index (χ0v) is 20.7. The van der Waals surface area contributed by atoms with Crippen LogP contribution in [0.15, 0.2) is 60.7 Å². The van der Waals surface area contributed by atoms with Gasteiger partial charge in [-0.1, -0.05) is 24.3 Å². The molecular formula is C29H33N3O5. The van der Waals surface area contributed by atoms with E-state index in [4.69, 9.17) is 14.2 Å². The van der Waals surface area contributed by atoms with Gasteiger partial charge in [-0.2, -0.15) is 0 Å². The number of carbonyl (C=O) groups excluding carboxylic acids is 2. The van der Waals surface area contributed by atoms with E-state index in [1.54, 1.807) is 4.90 Å². The minimum absolute atomic E-state index is 0. The number of hydrogen-bond donors (Lipinski definition) is 2. The third kappa shape index (κ3) is 4.60. The minimum Gasteiger partial charge on any atom is -0.454 e. The molecule has 0 spiro atoms. The summed E-state index contributed by atoms with van der Waals surface area (Å²) in [6.07, 6.45) is 1.60. The fourth-order valence-electron chi connectivity index (χ4n) is 4.93. The third-order valence-corrected chi connectivity index (χ3v) is 7.35. The monoisotopic (exact) mass is 503 g/mol. The van der Waals surface area contributed by atoms with Crippen molar-refractivity contribution in [2.45, 2.75) is 25.2 Å². The number of nitrogens with one attached hydrogen (secondary N) is 2. The van der Waals surface area contributed by atoms with Crippen molar-refractivity contribution in [1.29, 1.82) is 0 Å². The van der Waals surface area contributed by atoms with Gasteiger partial charge in [-0.3, -0.25) is 4.79 Å². The van der Waals surface area contributed by atoms with E-state index in [0.717, 1.165) is 52.2 Å². The van der Waals surface area contributed by atoms with Crippen LogP contribution < -0.4 is 20.1 Å². The van der Waals surface area contributed by atoms with Gasteiger partial charge in [-0.25, -0.2) is 4.79 Å². The van der Waals surface area contributed by atoms with Crippen LogP contribution in [-0.4, -0.2) is 49.9 Å². The van der Waals surface area contributed by atoms with Crippen LogP contribution in [0.25, 0.3) is 11.1 Å². The van der Waals surface area contributed by atoms with Crippen LogP contribution in [0.2, 0.25) is 0 Å². The lowest BCUT2D eigenvalue weighted by Gasteiger charge is -2.26. The van der Waals surface area contributed by atoms with Crippen LogP contribution in [0, 0.1) is 6.92 Å². The second-order valence-electron chi connectivity index (χ2n) is 9.74. The van der Waals surface area contributed by atoms with Crippen LogP contribution in [0.1, 0.15) is 26.8 Å². The Morgan fingerprint density at radius 1 is 0.865 bits per heavy atom. The summed E-state index contributed by atoms with van der Waals surface area (Å²) in [4.78, 5) is 27.6. The summed E-state index contributed by atoms with van der Waals surface area (Å²) in [5.74, 6) is 1.40. The van der Waals surface area contributed by atoms with E-state index in [0.29, 0.717) is 32.1 Å². The summed E-state index contributed by atoms with van der Waals surface area (Å²) in [6, 6.07) is 19.4. The molecular weight excluding hydrogens is 470 g/mol. The number of fused-ring (bicyclic) bond motifs is 1. The van der Waals surface area contributed by atoms with Crippen molar-refractivity contribution < 1.29 is 26.7 Å². The number of morpholine rings is 1. The summed E-state index contributed by atoms with van der Waals surface area (Å²) >= 11 is 0. The number of hydrogen-bond acceptors (Lipinski definition) is 5. The molecule has 0 aromatic heterocycles. The Labute approximate surface area is 218 Å². The molecule has 2 N–H and O–H groups in total. The normalized spacial score (nSPS) is 17.3. The van der Waals surface area contributed by atoms with Gasteiger partial charge in [0.15, 0.2) is 11.5 Å². The van der Waals surface area contributed by atoms with Gasteiger partial charge in [0.25, 0.3) is 0 Å². The molecule has 1 saturated carbocycles. The summed E-state index contributed by atoms with van der Waals surface area (Å²) < 4.78 is 16.2. The van der Waals surface area contributed by atoms with Gasteiger partial charge in [-0.15, -0.1) is 0 Å². The van der Waals surface area contributed by atoms with Crippen LogP contribution in [-0.2, 0) is 14.9 Å². The lowest BCUT2D eigenvalue weighted by molar-refractivity contribution is -0.118. The second kappa shape index (κ2) is 9.44. The first-order chi connectivity index (χ1) is 18.0. The molecule has 1 saturated heterocycles. The topological polar surface area (TPSA) is 89.1 Å². The highest BCUT2D eigenvalue weighted by Crippen LogP contribution is 2.51. The number of nitrogens with zero attached hydrogens (tertiary/aromatic N) is 1. The zero-order chi connectivity index (χ0) is 25.4. The summed E-state index contributed by atoms with van der Waals surface area (Å²) in [5, 5.41) is 6.09. The molecule has 2 heterocycles. The maximum atomic E-state index is 13.4. The van der Waals surface area contributed by atoms with Crippen LogP contribution in [0.5, 0.6) is 11.5 Å². The molecule has 3 aromatic carbocycles. The van der Waals surface area contributed by atoms with Crippen LogP contribution >= 0.6 is 0 Å². The van der Waals surface area contributed by atoms with Gasteiger partial charge >= 0.3 is 6.03 Å². The van der Waals surface area contributed by atoms with Crippen LogP contribution in [0.3, 0.4) is 0 Å². The minimum atomic E-state index is -0.535. The molecule has 2 aliphatic heterocycles. The van der Waals surface area contributed by atoms with Gasteiger partial charge in [0.05, 0.1) is 18.6 Å². The van der Waals surface area contributed by atoms with E-state index in [-0.39, 0.29) is 21.6 Å². The number of rotatable bonds is 5. The molecule has 194 valence electrons. The highest BCUT2D eigenvalue weighted by molar-refractivity contribution is 6.02. The number of urea groups is 1. The lowest BCUT2D eigenvalue weighted by Crippen LogP contribution is -2.43. The van der Waals surface area contributed by atoms with Gasteiger partial charge in [0.1, 0.15) is 0 Å². The maximum absolute atomic E-state index is 13.4. The van der Waals surface area contributed by atoms with Crippen molar-refractivity contribution in [3.05, 3.63) is 71.8 Å². The first kappa shape index (κ1) is 23.4. The Morgan fingerprint density at radius 3 is 2.35 bits per heavy atom. The van der Waals surface area contributed by atoms with E-state index in [1.165, 1.54) is 0 Å². The summed E-state index contributed by atoms with van der Waals surface area (Å²) in [5.41, 5.74) is 5.04. The molecule has 3 aliphatic rings. The number of benzene rings is 3. The van der Waals surface area contributed by atoms with E-state index in [1.807, 2.05) is 67.6 Å². The molecule has 1 aliphatic carbocycles. The number of ether oxygens (including phenoxy) is 3. The molecule has 37 heavy (non-hydrogen) atoms. The predicted octanol–water partition coefficient (Wildman–Crippen LogP) is 5.42. The van der Waals surface area contributed by atoms with Crippen molar-refractivity contribution in [2.75, 3.05) is 43.7 Å². The Balaban J connectivity index is 0.00000176. The van der Waals surface area contributed by atoms with E-state index >= 15 is 0 Å². The predicted molar refractivity (Wildman–Crippen MR) is 144 cm³/mol. The van der Waals surface area contributed by atoms with Gasteiger partial charge < -0.3 is 29.7 Å². The molecule has 0 radical (unpaired) electrons. The Morgan fingerprint density at radius 2 is 1.59 bits per heavy atom. The molecule has 3 aromatic rings. The SMILES string of the molecule is Cc1ccc(NC(=O)C2(c3ccc4c(c3)OCO4)CC2)cc1-c1ccc(NC(=O)N2CCOCC2)cc1.[HH].[HH]. The van der Waals surface area contributed by atoms with Crippen molar-refractivity contribution in [2.24, 2.45) is 0 Å². The first-order valence-electron chi connectivity index (χ1n) is 12.6. The summed E-state index contributed by atoms with van der Waals surface area (Å²) in [6.45, 7) is 4.58. The fourth-order valence-corrected chi connectivity index (χ4v) is 4.93. The summed E-state index contributed by atoms with van der Waals surface area (Å²) in [7, 11) is 0. The molecule has 6 rings (SSSR count). The van der Waals surface area contributed by atoms with Crippen molar-refractivity contribution >= 4 is 23.3 Å². The fraction of sp³-hybridized carbons (Fsp3) is 0.310.